The lowest BCUT2D eigenvalue weighted by Crippen LogP contribution is -2.54. The Morgan fingerprint density at radius 3 is 2.42 bits per heavy atom. The third-order valence-electron chi connectivity index (χ3n) is 5.15. The van der Waals surface area contributed by atoms with Crippen LogP contribution in [0.4, 0.5) is 14.9 Å². The van der Waals surface area contributed by atoms with Crippen LogP contribution in [-0.2, 0) is 16.0 Å². The molecular weight excluding hydrogens is 491 g/mol. The first-order valence-corrected chi connectivity index (χ1v) is 10.7. The number of anilines is 1. The monoisotopic (exact) mass is 508 g/mol. The van der Waals surface area contributed by atoms with Crippen LogP contribution >= 0.6 is 15.9 Å². The zero-order valence-corrected chi connectivity index (χ0v) is 19.1. The van der Waals surface area contributed by atoms with Gasteiger partial charge < -0.3 is 4.74 Å². The van der Waals surface area contributed by atoms with Crippen molar-refractivity contribution >= 4 is 45.5 Å². The maximum Gasteiger partial charge on any atom is 0.335 e. The van der Waals surface area contributed by atoms with Gasteiger partial charge in [-0.3, -0.25) is 14.9 Å². The molecule has 0 radical (unpaired) electrons. The molecule has 33 heavy (non-hydrogen) atoms. The van der Waals surface area contributed by atoms with E-state index in [1.54, 1.807) is 60.7 Å². The molecule has 0 aromatic heterocycles. The summed E-state index contributed by atoms with van der Waals surface area (Å²) >= 11 is 3.49. The van der Waals surface area contributed by atoms with E-state index in [1.807, 2.05) is 0 Å². The molecule has 0 bridgehead atoms. The van der Waals surface area contributed by atoms with E-state index in [2.05, 4.69) is 21.2 Å². The summed E-state index contributed by atoms with van der Waals surface area (Å²) in [5.74, 6) is -1.39. The standard InChI is InChI=1S/C25H18BrFN2O4/c1-33-22-13-15(12-20(26)18(22)14-16-7-5-6-10-21(16)27)11-19-23(30)28-25(32)29(24(19)31)17-8-3-2-4-9-17/h2-13H,14H2,1H3,(H,28,30,32)/b19-11+. The van der Waals surface area contributed by atoms with Crippen molar-refractivity contribution in [3.8, 4) is 5.75 Å². The van der Waals surface area contributed by atoms with E-state index in [0.29, 0.717) is 32.6 Å². The van der Waals surface area contributed by atoms with Crippen molar-refractivity contribution in [1.82, 2.24) is 5.32 Å². The molecule has 166 valence electrons. The fourth-order valence-electron chi connectivity index (χ4n) is 3.54. The zero-order valence-electron chi connectivity index (χ0n) is 17.5. The molecule has 1 aliphatic heterocycles. The Balaban J connectivity index is 1.71. The molecule has 4 amide bonds. The second-order valence-corrected chi connectivity index (χ2v) is 8.10. The van der Waals surface area contributed by atoms with Gasteiger partial charge in [0.2, 0.25) is 0 Å². The number of barbiturate groups is 1. The highest BCUT2D eigenvalue weighted by atomic mass is 79.9. The van der Waals surface area contributed by atoms with E-state index in [0.717, 1.165) is 4.90 Å². The number of carbonyl (C=O) groups excluding carboxylic acids is 3. The minimum Gasteiger partial charge on any atom is -0.496 e. The van der Waals surface area contributed by atoms with Gasteiger partial charge in [0.05, 0.1) is 12.8 Å². The molecule has 0 unspecified atom stereocenters. The molecule has 0 saturated carbocycles. The number of benzene rings is 3. The first-order chi connectivity index (χ1) is 15.9. The van der Waals surface area contributed by atoms with Crippen LogP contribution in [0.5, 0.6) is 5.75 Å². The molecule has 3 aromatic rings. The molecule has 4 rings (SSSR count). The summed E-state index contributed by atoms with van der Waals surface area (Å²) in [5, 5.41) is 2.20. The topological polar surface area (TPSA) is 75.7 Å². The van der Waals surface area contributed by atoms with Crippen LogP contribution < -0.4 is 15.0 Å². The Kier molecular flexibility index (Phi) is 6.37. The summed E-state index contributed by atoms with van der Waals surface area (Å²) in [7, 11) is 1.48. The summed E-state index contributed by atoms with van der Waals surface area (Å²) in [4.78, 5) is 38.7. The average Bonchev–Trinajstić information content (AvgIpc) is 2.80. The number of rotatable bonds is 5. The molecule has 1 N–H and O–H groups in total. The smallest absolute Gasteiger partial charge is 0.335 e. The minimum atomic E-state index is -0.813. The third-order valence-corrected chi connectivity index (χ3v) is 5.86. The van der Waals surface area contributed by atoms with Crippen molar-refractivity contribution in [3.05, 3.63) is 99.3 Å². The first-order valence-electron chi connectivity index (χ1n) is 9.95. The molecule has 0 aliphatic carbocycles. The fraction of sp³-hybridized carbons (Fsp3) is 0.0800. The van der Waals surface area contributed by atoms with Crippen molar-refractivity contribution in [2.75, 3.05) is 12.0 Å². The van der Waals surface area contributed by atoms with E-state index in [-0.39, 0.29) is 17.8 Å². The quantitative estimate of drug-likeness (QED) is 0.394. The Morgan fingerprint density at radius 2 is 1.73 bits per heavy atom. The van der Waals surface area contributed by atoms with Gasteiger partial charge in [0.15, 0.2) is 0 Å². The summed E-state index contributed by atoms with van der Waals surface area (Å²) in [5.41, 5.74) is 1.86. The number of urea groups is 1. The van der Waals surface area contributed by atoms with Crippen molar-refractivity contribution < 1.29 is 23.5 Å². The Morgan fingerprint density at radius 1 is 1.03 bits per heavy atom. The van der Waals surface area contributed by atoms with Gasteiger partial charge in [-0.05, 0) is 47.5 Å². The van der Waals surface area contributed by atoms with Crippen LogP contribution in [0.15, 0.2) is 76.8 Å². The van der Waals surface area contributed by atoms with E-state index >= 15 is 0 Å². The first kappa shape index (κ1) is 22.4. The number of ether oxygens (including phenoxy) is 1. The highest BCUT2D eigenvalue weighted by Crippen LogP contribution is 2.33. The number of para-hydroxylation sites is 1. The van der Waals surface area contributed by atoms with Crippen LogP contribution in [0.25, 0.3) is 6.08 Å². The SMILES string of the molecule is COc1cc(/C=C2\C(=O)NC(=O)N(c3ccccc3)C2=O)cc(Br)c1Cc1ccccc1F. The summed E-state index contributed by atoms with van der Waals surface area (Å²) in [6, 6.07) is 17.3. The zero-order chi connectivity index (χ0) is 23.5. The van der Waals surface area contributed by atoms with E-state index in [4.69, 9.17) is 4.74 Å². The number of hydrogen-bond donors (Lipinski definition) is 1. The molecule has 1 aliphatic rings. The lowest BCUT2D eigenvalue weighted by Gasteiger charge is -2.26. The average molecular weight is 509 g/mol. The van der Waals surface area contributed by atoms with Crippen molar-refractivity contribution in [1.29, 1.82) is 0 Å². The van der Waals surface area contributed by atoms with Gasteiger partial charge in [0.25, 0.3) is 11.8 Å². The van der Waals surface area contributed by atoms with Gasteiger partial charge in [-0.2, -0.15) is 0 Å². The molecular formula is C25H18BrFN2O4. The van der Waals surface area contributed by atoms with Gasteiger partial charge in [-0.25, -0.2) is 14.1 Å². The molecule has 0 spiro atoms. The molecule has 6 nitrogen and oxygen atoms in total. The molecule has 8 heteroatoms. The van der Waals surface area contributed by atoms with Gasteiger partial charge in [-0.1, -0.05) is 52.3 Å². The Labute approximate surface area is 197 Å². The normalized spacial score (nSPS) is 15.1. The number of halogens is 2. The predicted octanol–water partition coefficient (Wildman–Crippen LogP) is 4.85. The van der Waals surface area contributed by atoms with Gasteiger partial charge >= 0.3 is 6.03 Å². The Bertz CT molecular complexity index is 1290. The summed E-state index contributed by atoms with van der Waals surface area (Å²) in [6.07, 6.45) is 1.67. The number of amides is 4. The van der Waals surface area contributed by atoms with Crippen LogP contribution in [-0.4, -0.2) is 25.0 Å². The molecule has 3 aromatic carbocycles. The van der Waals surface area contributed by atoms with Crippen LogP contribution in [0.2, 0.25) is 0 Å². The van der Waals surface area contributed by atoms with Crippen LogP contribution in [0.3, 0.4) is 0 Å². The predicted molar refractivity (Wildman–Crippen MR) is 125 cm³/mol. The summed E-state index contributed by atoms with van der Waals surface area (Å²) < 4.78 is 20.3. The second kappa shape index (κ2) is 9.38. The maximum absolute atomic E-state index is 14.1. The maximum atomic E-state index is 14.1. The Hall–Kier alpha value is -3.78. The number of nitrogens with zero attached hydrogens (tertiary/aromatic N) is 1. The molecule has 0 atom stereocenters. The van der Waals surface area contributed by atoms with Gasteiger partial charge in [0.1, 0.15) is 17.1 Å². The lowest BCUT2D eigenvalue weighted by molar-refractivity contribution is -0.122. The van der Waals surface area contributed by atoms with Crippen LogP contribution in [0, 0.1) is 5.82 Å². The van der Waals surface area contributed by atoms with Gasteiger partial charge in [-0.15, -0.1) is 0 Å². The number of hydrogen-bond acceptors (Lipinski definition) is 4. The minimum absolute atomic E-state index is 0.200. The highest BCUT2D eigenvalue weighted by Gasteiger charge is 2.36. The lowest BCUT2D eigenvalue weighted by atomic mass is 10.00. The van der Waals surface area contributed by atoms with Crippen molar-refractivity contribution in [2.45, 2.75) is 6.42 Å². The van der Waals surface area contributed by atoms with E-state index in [9.17, 15) is 18.8 Å². The van der Waals surface area contributed by atoms with E-state index in [1.165, 1.54) is 19.3 Å². The summed E-state index contributed by atoms with van der Waals surface area (Å²) in [6.45, 7) is 0. The molecule has 1 heterocycles. The molecule has 1 saturated heterocycles. The third kappa shape index (κ3) is 4.56. The number of carbonyl (C=O) groups is 3. The fourth-order valence-corrected chi connectivity index (χ4v) is 4.14. The van der Waals surface area contributed by atoms with E-state index < -0.39 is 17.8 Å². The second-order valence-electron chi connectivity index (χ2n) is 7.25. The highest BCUT2D eigenvalue weighted by molar-refractivity contribution is 9.10. The van der Waals surface area contributed by atoms with Crippen LogP contribution in [0.1, 0.15) is 16.7 Å². The number of nitrogens with one attached hydrogen (secondary N) is 1. The number of methoxy groups -OCH3 is 1. The van der Waals surface area contributed by atoms with Gasteiger partial charge in [0, 0.05) is 16.5 Å². The number of imide groups is 2. The van der Waals surface area contributed by atoms with Crippen molar-refractivity contribution in [3.63, 3.8) is 0 Å². The van der Waals surface area contributed by atoms with Crippen molar-refractivity contribution in [2.24, 2.45) is 0 Å². The molecule has 1 fully saturated rings. The largest absolute Gasteiger partial charge is 0.496 e.